The van der Waals surface area contributed by atoms with Crippen LogP contribution in [0.2, 0.25) is 0 Å². The number of carbonyl (C=O) groups is 3. The molecule has 0 spiro atoms. The van der Waals surface area contributed by atoms with Crippen molar-refractivity contribution in [3.05, 3.63) is 65.0 Å². The summed E-state index contributed by atoms with van der Waals surface area (Å²) in [6.07, 6.45) is 0. The van der Waals surface area contributed by atoms with Crippen LogP contribution >= 0.6 is 0 Å². The van der Waals surface area contributed by atoms with Crippen LogP contribution in [-0.4, -0.2) is 31.1 Å². The Labute approximate surface area is 149 Å². The van der Waals surface area contributed by atoms with Gasteiger partial charge in [0.15, 0.2) is 0 Å². The summed E-state index contributed by atoms with van der Waals surface area (Å²) in [6, 6.07) is 9.05. The van der Waals surface area contributed by atoms with Gasteiger partial charge in [-0.15, -0.1) is 0 Å². The molecule has 0 fully saturated rings. The van der Waals surface area contributed by atoms with E-state index < -0.39 is 23.7 Å². The van der Waals surface area contributed by atoms with E-state index in [1.54, 1.807) is 13.8 Å². The van der Waals surface area contributed by atoms with Crippen LogP contribution in [0.1, 0.15) is 44.9 Å². The van der Waals surface area contributed by atoms with E-state index in [2.05, 4.69) is 0 Å². The van der Waals surface area contributed by atoms with E-state index in [9.17, 15) is 18.8 Å². The number of ether oxygens (including phenoxy) is 3. The molecule has 2 aromatic rings. The first-order valence-corrected chi connectivity index (χ1v) is 7.92. The van der Waals surface area contributed by atoms with Gasteiger partial charge in [0.2, 0.25) is 0 Å². The summed E-state index contributed by atoms with van der Waals surface area (Å²) in [6.45, 7) is 3.53. The van der Waals surface area contributed by atoms with Crippen molar-refractivity contribution in [3.8, 4) is 5.75 Å². The molecule has 0 saturated heterocycles. The van der Waals surface area contributed by atoms with Crippen LogP contribution < -0.4 is 4.74 Å². The topological polar surface area (TPSA) is 78.9 Å². The van der Waals surface area contributed by atoms with Crippen LogP contribution in [0, 0.1) is 5.82 Å². The molecule has 0 unspecified atom stereocenters. The number of benzene rings is 2. The van der Waals surface area contributed by atoms with Crippen molar-refractivity contribution < 1.29 is 33.0 Å². The molecule has 26 heavy (non-hydrogen) atoms. The molecular weight excluding hydrogens is 343 g/mol. The van der Waals surface area contributed by atoms with E-state index in [-0.39, 0.29) is 35.7 Å². The van der Waals surface area contributed by atoms with Crippen molar-refractivity contribution in [3.63, 3.8) is 0 Å². The van der Waals surface area contributed by atoms with E-state index in [1.807, 2.05) is 0 Å². The summed E-state index contributed by atoms with van der Waals surface area (Å²) in [5.41, 5.74) is -0.255. The molecule has 136 valence electrons. The smallest absolute Gasteiger partial charge is 0.346 e. The molecule has 0 bridgehead atoms. The summed E-state index contributed by atoms with van der Waals surface area (Å²) in [7, 11) is 0. The number of hydrogen-bond acceptors (Lipinski definition) is 6. The number of hydrogen-bond donors (Lipinski definition) is 0. The van der Waals surface area contributed by atoms with Crippen LogP contribution in [0.3, 0.4) is 0 Å². The molecular formula is C19H17FO6. The molecule has 0 atom stereocenters. The van der Waals surface area contributed by atoms with Gasteiger partial charge >= 0.3 is 17.9 Å². The molecule has 2 aromatic carbocycles. The minimum atomic E-state index is -0.959. The Morgan fingerprint density at radius 1 is 0.846 bits per heavy atom. The molecule has 0 radical (unpaired) electrons. The second-order valence-corrected chi connectivity index (χ2v) is 5.06. The molecule has 0 N–H and O–H groups in total. The van der Waals surface area contributed by atoms with Crippen molar-refractivity contribution in [1.29, 1.82) is 0 Å². The van der Waals surface area contributed by atoms with Crippen LogP contribution in [0.5, 0.6) is 5.75 Å². The summed E-state index contributed by atoms with van der Waals surface area (Å²) in [4.78, 5) is 36.1. The van der Waals surface area contributed by atoms with E-state index >= 15 is 0 Å². The van der Waals surface area contributed by atoms with Crippen LogP contribution in [0.15, 0.2) is 42.5 Å². The molecule has 6 nitrogen and oxygen atoms in total. The first-order valence-electron chi connectivity index (χ1n) is 7.92. The maximum Gasteiger partial charge on any atom is 0.346 e. The highest BCUT2D eigenvalue weighted by Gasteiger charge is 2.18. The monoisotopic (exact) mass is 360 g/mol. The Hall–Kier alpha value is -3.22. The van der Waals surface area contributed by atoms with Gasteiger partial charge in [-0.05, 0) is 44.2 Å². The van der Waals surface area contributed by atoms with Gasteiger partial charge < -0.3 is 14.2 Å². The molecule has 2 rings (SSSR count). The van der Waals surface area contributed by atoms with Gasteiger partial charge in [-0.25, -0.2) is 18.8 Å². The maximum atomic E-state index is 13.7. The molecule has 0 aliphatic carbocycles. The van der Waals surface area contributed by atoms with Gasteiger partial charge in [-0.3, -0.25) is 0 Å². The summed E-state index contributed by atoms with van der Waals surface area (Å²) < 4.78 is 28.6. The van der Waals surface area contributed by atoms with Crippen molar-refractivity contribution in [1.82, 2.24) is 0 Å². The van der Waals surface area contributed by atoms with Crippen LogP contribution in [0.4, 0.5) is 4.39 Å². The highest BCUT2D eigenvalue weighted by molar-refractivity contribution is 5.97. The fraction of sp³-hybridized carbons (Fsp3) is 0.211. The van der Waals surface area contributed by atoms with Crippen LogP contribution in [-0.2, 0) is 9.47 Å². The zero-order valence-corrected chi connectivity index (χ0v) is 14.3. The van der Waals surface area contributed by atoms with Gasteiger partial charge in [0.05, 0.1) is 29.9 Å². The van der Waals surface area contributed by atoms with Gasteiger partial charge in [-0.1, -0.05) is 12.1 Å². The van der Waals surface area contributed by atoms with Gasteiger partial charge in [0.25, 0.3) is 0 Å². The van der Waals surface area contributed by atoms with E-state index in [4.69, 9.17) is 14.2 Å². The Morgan fingerprint density at radius 3 is 1.88 bits per heavy atom. The molecule has 0 aliphatic heterocycles. The van der Waals surface area contributed by atoms with E-state index in [1.165, 1.54) is 36.4 Å². The van der Waals surface area contributed by atoms with E-state index in [0.717, 1.165) is 6.07 Å². The van der Waals surface area contributed by atoms with Crippen LogP contribution in [0.25, 0.3) is 0 Å². The minimum Gasteiger partial charge on any atom is -0.462 e. The predicted octanol–water partition coefficient (Wildman–Crippen LogP) is 3.40. The third kappa shape index (κ3) is 4.66. The van der Waals surface area contributed by atoms with Crippen molar-refractivity contribution in [2.75, 3.05) is 13.2 Å². The van der Waals surface area contributed by atoms with Gasteiger partial charge in [0, 0.05) is 0 Å². The third-order valence-electron chi connectivity index (χ3n) is 3.23. The quantitative estimate of drug-likeness (QED) is 0.580. The molecule has 0 saturated carbocycles. The van der Waals surface area contributed by atoms with Gasteiger partial charge in [-0.2, -0.15) is 0 Å². The standard InChI is InChI=1S/C19H17FO6/c1-3-24-17(21)12-9-13(18(22)25-4-2)11-14(10-12)26-19(23)15-7-5-6-8-16(15)20/h5-11H,3-4H2,1-2H3. The van der Waals surface area contributed by atoms with Crippen molar-refractivity contribution in [2.45, 2.75) is 13.8 Å². The van der Waals surface area contributed by atoms with Gasteiger partial charge in [0.1, 0.15) is 11.6 Å². The molecule has 0 amide bonds. The fourth-order valence-corrected chi connectivity index (χ4v) is 2.11. The second kappa shape index (κ2) is 8.75. The Morgan fingerprint density at radius 2 is 1.38 bits per heavy atom. The van der Waals surface area contributed by atoms with Crippen molar-refractivity contribution >= 4 is 17.9 Å². The fourth-order valence-electron chi connectivity index (χ4n) is 2.11. The highest BCUT2D eigenvalue weighted by Crippen LogP contribution is 2.21. The number of halogens is 1. The zero-order valence-electron chi connectivity index (χ0n) is 14.3. The highest BCUT2D eigenvalue weighted by atomic mass is 19.1. The first-order chi connectivity index (χ1) is 12.5. The first kappa shape index (κ1) is 19.1. The lowest BCUT2D eigenvalue weighted by molar-refractivity contribution is 0.0520. The molecule has 0 aliphatic rings. The molecule has 7 heteroatoms. The maximum absolute atomic E-state index is 13.7. The Kier molecular flexibility index (Phi) is 6.43. The summed E-state index contributed by atoms with van der Waals surface area (Å²) in [5.74, 6) is -3.20. The second-order valence-electron chi connectivity index (χ2n) is 5.06. The SMILES string of the molecule is CCOC(=O)c1cc(OC(=O)c2ccccc2F)cc(C(=O)OCC)c1. The average molecular weight is 360 g/mol. The largest absolute Gasteiger partial charge is 0.462 e. The average Bonchev–Trinajstić information content (AvgIpc) is 2.62. The Balaban J connectivity index is 2.37. The molecule has 0 aromatic heterocycles. The third-order valence-corrected chi connectivity index (χ3v) is 3.23. The lowest BCUT2D eigenvalue weighted by Crippen LogP contribution is -2.13. The number of rotatable bonds is 6. The summed E-state index contributed by atoms with van der Waals surface area (Å²) in [5, 5.41) is 0. The molecule has 0 heterocycles. The zero-order chi connectivity index (χ0) is 19.1. The number of esters is 3. The Bertz CT molecular complexity index is 794. The minimum absolute atomic E-state index is 0.00809. The number of carbonyl (C=O) groups excluding carboxylic acids is 3. The lowest BCUT2D eigenvalue weighted by Gasteiger charge is -2.10. The normalized spacial score (nSPS) is 10.1. The predicted molar refractivity (Wildman–Crippen MR) is 89.7 cm³/mol. The summed E-state index contributed by atoms with van der Waals surface area (Å²) >= 11 is 0. The van der Waals surface area contributed by atoms with E-state index in [0.29, 0.717) is 0 Å². The lowest BCUT2D eigenvalue weighted by atomic mass is 10.1. The van der Waals surface area contributed by atoms with Crippen molar-refractivity contribution in [2.24, 2.45) is 0 Å².